The van der Waals surface area contributed by atoms with Crippen LogP contribution in [0.15, 0.2) is 12.7 Å². The zero-order valence-corrected chi connectivity index (χ0v) is 13.9. The molecule has 3 atom stereocenters. The van der Waals surface area contributed by atoms with Crippen LogP contribution in [0.3, 0.4) is 0 Å². The largest absolute Gasteiger partial charge is 0.377 e. The van der Waals surface area contributed by atoms with Gasteiger partial charge in [0.2, 0.25) is 0 Å². The molecule has 1 aliphatic carbocycles. The first-order valence-corrected chi connectivity index (χ1v) is 8.97. The van der Waals surface area contributed by atoms with Crippen molar-refractivity contribution < 1.29 is 4.74 Å². The fourth-order valence-electron chi connectivity index (χ4n) is 3.96. The minimum atomic E-state index is 0.504. The van der Waals surface area contributed by atoms with E-state index in [1.54, 1.807) is 6.33 Å². The van der Waals surface area contributed by atoms with Crippen molar-refractivity contribution in [3.63, 3.8) is 0 Å². The molecule has 5 nitrogen and oxygen atoms in total. The lowest BCUT2D eigenvalue weighted by Gasteiger charge is -2.34. The lowest BCUT2D eigenvalue weighted by molar-refractivity contribution is -0.0177. The Hall–Kier alpha value is -0.940. The molecule has 0 aromatic carbocycles. The quantitative estimate of drug-likeness (QED) is 0.810. The first kappa shape index (κ1) is 15.9. The van der Waals surface area contributed by atoms with Gasteiger partial charge in [0.1, 0.15) is 12.7 Å². The van der Waals surface area contributed by atoms with E-state index in [-0.39, 0.29) is 0 Å². The van der Waals surface area contributed by atoms with Crippen LogP contribution in [0.5, 0.6) is 0 Å². The normalized spacial score (nSPS) is 30.5. The molecule has 0 bridgehead atoms. The monoisotopic (exact) mass is 306 g/mol. The van der Waals surface area contributed by atoms with Crippen molar-refractivity contribution in [3.05, 3.63) is 12.7 Å². The molecule has 22 heavy (non-hydrogen) atoms. The van der Waals surface area contributed by atoms with Crippen LogP contribution in [0.25, 0.3) is 0 Å². The maximum atomic E-state index is 6.17. The molecule has 3 rings (SSSR count). The van der Waals surface area contributed by atoms with E-state index in [0.717, 1.165) is 25.6 Å². The molecule has 0 spiro atoms. The summed E-state index contributed by atoms with van der Waals surface area (Å²) in [4.78, 5) is 6.60. The number of piperidine rings is 1. The van der Waals surface area contributed by atoms with Crippen LogP contribution in [-0.4, -0.2) is 52.0 Å². The van der Waals surface area contributed by atoms with E-state index in [0.29, 0.717) is 12.0 Å². The Kier molecular flexibility index (Phi) is 5.84. The van der Waals surface area contributed by atoms with E-state index in [4.69, 9.17) is 4.74 Å². The average molecular weight is 306 g/mol. The number of likely N-dealkylation sites (tertiary alicyclic amines) is 1. The Morgan fingerprint density at radius 1 is 1.18 bits per heavy atom. The Morgan fingerprint density at radius 2 is 2.09 bits per heavy atom. The molecule has 0 amide bonds. The zero-order chi connectivity index (χ0) is 15.2. The first-order valence-electron chi connectivity index (χ1n) is 8.97. The van der Waals surface area contributed by atoms with Gasteiger partial charge in [-0.2, -0.15) is 5.10 Å². The molecule has 0 unspecified atom stereocenters. The van der Waals surface area contributed by atoms with Crippen LogP contribution < -0.4 is 0 Å². The van der Waals surface area contributed by atoms with E-state index < -0.39 is 0 Å². The van der Waals surface area contributed by atoms with E-state index in [2.05, 4.69) is 21.9 Å². The van der Waals surface area contributed by atoms with Crippen LogP contribution in [-0.2, 0) is 11.3 Å². The maximum Gasteiger partial charge on any atom is 0.137 e. The molecule has 0 N–H and O–H groups in total. The highest BCUT2D eigenvalue weighted by molar-refractivity contribution is 4.75. The smallest absolute Gasteiger partial charge is 0.137 e. The second-order valence-electron chi connectivity index (χ2n) is 7.10. The second kappa shape index (κ2) is 8.06. The van der Waals surface area contributed by atoms with Gasteiger partial charge < -0.3 is 9.64 Å². The molecular formula is C17H30N4O. The summed E-state index contributed by atoms with van der Waals surface area (Å²) in [6.07, 6.45) is 11.9. The van der Waals surface area contributed by atoms with Gasteiger partial charge in [0.25, 0.3) is 0 Å². The predicted octanol–water partition coefficient (Wildman–Crippen LogP) is 2.59. The predicted molar refractivity (Wildman–Crippen MR) is 86.6 cm³/mol. The highest BCUT2D eigenvalue weighted by Crippen LogP contribution is 2.26. The van der Waals surface area contributed by atoms with Crippen molar-refractivity contribution >= 4 is 0 Å². The highest BCUT2D eigenvalue weighted by Gasteiger charge is 2.23. The number of ether oxygens (including phenoxy) is 1. The summed E-state index contributed by atoms with van der Waals surface area (Å²) in [5.41, 5.74) is 0. The zero-order valence-electron chi connectivity index (χ0n) is 13.9. The van der Waals surface area contributed by atoms with Crippen molar-refractivity contribution in [3.8, 4) is 0 Å². The molecule has 1 aliphatic heterocycles. The molecule has 2 aliphatic rings. The third-order valence-electron chi connectivity index (χ3n) is 5.29. The number of nitrogens with zero attached hydrogens (tertiary/aromatic N) is 4. The number of hydrogen-bond acceptors (Lipinski definition) is 4. The summed E-state index contributed by atoms with van der Waals surface area (Å²) in [6.45, 7) is 7.71. The van der Waals surface area contributed by atoms with Gasteiger partial charge in [0.15, 0.2) is 0 Å². The molecule has 2 heterocycles. The van der Waals surface area contributed by atoms with Crippen LogP contribution in [0.1, 0.15) is 45.4 Å². The average Bonchev–Trinajstić information content (AvgIpc) is 3.03. The molecular weight excluding hydrogens is 276 g/mol. The van der Waals surface area contributed by atoms with E-state index >= 15 is 0 Å². The number of hydrogen-bond donors (Lipinski definition) is 0. The Bertz CT molecular complexity index is 422. The fourth-order valence-corrected chi connectivity index (χ4v) is 3.96. The van der Waals surface area contributed by atoms with Gasteiger partial charge in [-0.1, -0.05) is 19.8 Å². The van der Waals surface area contributed by atoms with Crippen molar-refractivity contribution in [2.24, 2.45) is 11.8 Å². The highest BCUT2D eigenvalue weighted by atomic mass is 16.5. The minimum absolute atomic E-state index is 0.504. The third kappa shape index (κ3) is 4.53. The summed E-state index contributed by atoms with van der Waals surface area (Å²) in [6, 6.07) is 0. The maximum absolute atomic E-state index is 6.17. The summed E-state index contributed by atoms with van der Waals surface area (Å²) in [5.74, 6) is 1.44. The van der Waals surface area contributed by atoms with Crippen molar-refractivity contribution in [2.75, 3.05) is 26.2 Å². The topological polar surface area (TPSA) is 43.2 Å². The minimum Gasteiger partial charge on any atom is -0.377 e. The standard InChI is InChI=1S/C17H30N4O/c1-15-5-2-3-7-17(15)22-10-9-20-8-4-6-16(11-20)12-21-14-18-13-19-21/h13-17H,2-12H2,1H3/t15-,16+,17+/m1/s1. The van der Waals surface area contributed by atoms with Gasteiger partial charge >= 0.3 is 0 Å². The van der Waals surface area contributed by atoms with E-state index in [1.165, 1.54) is 51.6 Å². The van der Waals surface area contributed by atoms with Gasteiger partial charge in [-0.15, -0.1) is 0 Å². The van der Waals surface area contributed by atoms with Gasteiger partial charge in [0.05, 0.1) is 12.7 Å². The van der Waals surface area contributed by atoms with Gasteiger partial charge in [-0.3, -0.25) is 4.68 Å². The lowest BCUT2D eigenvalue weighted by atomic mass is 9.88. The molecule has 5 heteroatoms. The van der Waals surface area contributed by atoms with E-state index in [9.17, 15) is 0 Å². The van der Waals surface area contributed by atoms with Gasteiger partial charge in [-0.25, -0.2) is 4.98 Å². The summed E-state index contributed by atoms with van der Waals surface area (Å²) in [5, 5.41) is 4.23. The SMILES string of the molecule is C[C@@H]1CCCC[C@@H]1OCCN1CCC[C@H](Cn2cncn2)C1. The second-order valence-corrected chi connectivity index (χ2v) is 7.10. The summed E-state index contributed by atoms with van der Waals surface area (Å²) >= 11 is 0. The van der Waals surface area contributed by atoms with Crippen LogP contribution >= 0.6 is 0 Å². The van der Waals surface area contributed by atoms with Crippen LogP contribution in [0, 0.1) is 11.8 Å². The Balaban J connectivity index is 1.37. The van der Waals surface area contributed by atoms with Crippen molar-refractivity contribution in [1.29, 1.82) is 0 Å². The fraction of sp³-hybridized carbons (Fsp3) is 0.882. The van der Waals surface area contributed by atoms with Crippen LogP contribution in [0.2, 0.25) is 0 Å². The number of aromatic nitrogens is 3. The van der Waals surface area contributed by atoms with Gasteiger partial charge in [0, 0.05) is 19.6 Å². The molecule has 124 valence electrons. The lowest BCUT2D eigenvalue weighted by Crippen LogP contribution is -2.39. The van der Waals surface area contributed by atoms with Crippen molar-refractivity contribution in [2.45, 2.75) is 58.1 Å². The van der Waals surface area contributed by atoms with Crippen LogP contribution in [0.4, 0.5) is 0 Å². The summed E-state index contributed by atoms with van der Waals surface area (Å²) in [7, 11) is 0. The van der Waals surface area contributed by atoms with Gasteiger partial charge in [-0.05, 0) is 44.1 Å². The molecule has 0 radical (unpaired) electrons. The Morgan fingerprint density at radius 3 is 2.91 bits per heavy atom. The van der Waals surface area contributed by atoms with E-state index in [1.807, 2.05) is 11.0 Å². The third-order valence-corrected chi connectivity index (χ3v) is 5.29. The Labute approximate surface area is 134 Å². The summed E-state index contributed by atoms with van der Waals surface area (Å²) < 4.78 is 8.14. The van der Waals surface area contributed by atoms with Crippen molar-refractivity contribution in [1.82, 2.24) is 19.7 Å². The molecule has 1 aromatic heterocycles. The molecule has 1 saturated carbocycles. The molecule has 1 saturated heterocycles. The molecule has 2 fully saturated rings. The first-order chi connectivity index (χ1) is 10.8. The molecule has 1 aromatic rings. The number of rotatable bonds is 6.